The van der Waals surface area contributed by atoms with Crippen molar-refractivity contribution in [2.75, 3.05) is 17.2 Å². The van der Waals surface area contributed by atoms with Gasteiger partial charge in [-0.3, -0.25) is 0 Å². The van der Waals surface area contributed by atoms with Gasteiger partial charge >= 0.3 is 6.08 Å². The monoisotopic (exact) mass is 276 g/mol. The number of aromatic nitrogens is 2. The van der Waals surface area contributed by atoms with E-state index >= 15 is 0 Å². The first kappa shape index (κ1) is 12.8. The molecular weight excluding hydrogens is 262 g/mol. The highest BCUT2D eigenvalue weighted by molar-refractivity contribution is 5.58. The Bertz CT molecular complexity index is 631. The Hall–Kier alpha value is -2.24. The standard InChI is InChI=1S/C14H14F2N4/c15-10-4-1-3-9(7-10)8-18-13-11-5-2-6-17-12(11)19-14(16)20-13/h1,3-4,7H,2,5-6,8H2,(H2,17,18,19,20). The topological polar surface area (TPSA) is 49.8 Å². The Kier molecular flexibility index (Phi) is 3.45. The first-order chi connectivity index (χ1) is 9.72. The van der Waals surface area contributed by atoms with Gasteiger partial charge in [0, 0.05) is 18.7 Å². The quantitative estimate of drug-likeness (QED) is 0.846. The fourth-order valence-corrected chi connectivity index (χ4v) is 2.29. The van der Waals surface area contributed by atoms with Crippen molar-refractivity contribution < 1.29 is 8.78 Å². The second kappa shape index (κ2) is 5.40. The second-order valence-corrected chi connectivity index (χ2v) is 4.68. The van der Waals surface area contributed by atoms with Crippen LogP contribution in [-0.2, 0) is 13.0 Å². The van der Waals surface area contributed by atoms with E-state index in [2.05, 4.69) is 20.6 Å². The molecule has 0 fully saturated rings. The third-order valence-corrected chi connectivity index (χ3v) is 3.22. The van der Waals surface area contributed by atoms with E-state index in [1.165, 1.54) is 12.1 Å². The third kappa shape index (κ3) is 2.68. The van der Waals surface area contributed by atoms with Gasteiger partial charge in [-0.25, -0.2) is 4.39 Å². The Balaban J connectivity index is 1.82. The maximum absolute atomic E-state index is 13.4. The Morgan fingerprint density at radius 3 is 3.00 bits per heavy atom. The average Bonchev–Trinajstić information content (AvgIpc) is 2.44. The molecule has 6 heteroatoms. The molecule has 0 saturated carbocycles. The predicted molar refractivity (Wildman–Crippen MR) is 72.5 cm³/mol. The van der Waals surface area contributed by atoms with Crippen LogP contribution in [0.5, 0.6) is 0 Å². The van der Waals surface area contributed by atoms with Crippen molar-refractivity contribution in [2.24, 2.45) is 0 Å². The van der Waals surface area contributed by atoms with Crippen molar-refractivity contribution in [3.8, 4) is 0 Å². The van der Waals surface area contributed by atoms with Gasteiger partial charge in [0.15, 0.2) is 0 Å². The number of hydrogen-bond donors (Lipinski definition) is 2. The fraction of sp³-hybridized carbons (Fsp3) is 0.286. The van der Waals surface area contributed by atoms with Crippen molar-refractivity contribution in [2.45, 2.75) is 19.4 Å². The van der Waals surface area contributed by atoms with E-state index in [1.807, 2.05) is 0 Å². The molecular formula is C14H14F2N4. The maximum atomic E-state index is 13.4. The summed E-state index contributed by atoms with van der Waals surface area (Å²) in [6.07, 6.45) is 0.991. The van der Waals surface area contributed by atoms with E-state index < -0.39 is 6.08 Å². The number of halogens is 2. The summed E-state index contributed by atoms with van der Waals surface area (Å²) in [7, 11) is 0. The average molecular weight is 276 g/mol. The van der Waals surface area contributed by atoms with Crippen molar-refractivity contribution in [3.63, 3.8) is 0 Å². The number of benzene rings is 1. The van der Waals surface area contributed by atoms with Crippen LogP contribution in [0.2, 0.25) is 0 Å². The molecule has 0 bridgehead atoms. The molecule has 0 radical (unpaired) electrons. The molecule has 2 N–H and O–H groups in total. The molecule has 0 saturated heterocycles. The van der Waals surface area contributed by atoms with Gasteiger partial charge in [-0.1, -0.05) is 12.1 Å². The van der Waals surface area contributed by atoms with E-state index in [4.69, 9.17) is 0 Å². The lowest BCUT2D eigenvalue weighted by atomic mass is 10.1. The van der Waals surface area contributed by atoms with Crippen LogP contribution in [0.15, 0.2) is 24.3 Å². The van der Waals surface area contributed by atoms with Crippen LogP contribution in [0.3, 0.4) is 0 Å². The minimum absolute atomic E-state index is 0.290. The maximum Gasteiger partial charge on any atom is 0.312 e. The zero-order chi connectivity index (χ0) is 13.9. The highest BCUT2D eigenvalue weighted by Crippen LogP contribution is 2.26. The first-order valence-corrected chi connectivity index (χ1v) is 6.51. The van der Waals surface area contributed by atoms with Crippen molar-refractivity contribution in [1.82, 2.24) is 9.97 Å². The van der Waals surface area contributed by atoms with Crippen molar-refractivity contribution in [1.29, 1.82) is 0 Å². The number of nitrogens with zero attached hydrogens (tertiary/aromatic N) is 2. The van der Waals surface area contributed by atoms with E-state index in [0.29, 0.717) is 18.2 Å². The van der Waals surface area contributed by atoms with Crippen LogP contribution in [0.4, 0.5) is 20.4 Å². The van der Waals surface area contributed by atoms with Gasteiger partial charge in [-0.05, 0) is 30.5 Å². The van der Waals surface area contributed by atoms with Gasteiger partial charge in [0.1, 0.15) is 17.5 Å². The molecule has 0 unspecified atom stereocenters. The number of hydrogen-bond acceptors (Lipinski definition) is 4. The minimum Gasteiger partial charge on any atom is -0.370 e. The highest BCUT2D eigenvalue weighted by Gasteiger charge is 2.17. The molecule has 1 aliphatic rings. The van der Waals surface area contributed by atoms with Gasteiger partial charge in [-0.2, -0.15) is 14.4 Å². The second-order valence-electron chi connectivity index (χ2n) is 4.68. The summed E-state index contributed by atoms with van der Waals surface area (Å²) in [6, 6.07) is 6.27. The molecule has 4 nitrogen and oxygen atoms in total. The number of nitrogens with one attached hydrogen (secondary N) is 2. The molecule has 0 amide bonds. The lowest BCUT2D eigenvalue weighted by Gasteiger charge is -2.19. The molecule has 2 heterocycles. The molecule has 3 rings (SSSR count). The van der Waals surface area contributed by atoms with Crippen LogP contribution in [0.1, 0.15) is 17.5 Å². The summed E-state index contributed by atoms with van der Waals surface area (Å²) < 4.78 is 26.5. The van der Waals surface area contributed by atoms with E-state index in [9.17, 15) is 8.78 Å². The first-order valence-electron chi connectivity index (χ1n) is 6.51. The van der Waals surface area contributed by atoms with Gasteiger partial charge in [0.25, 0.3) is 0 Å². The minimum atomic E-state index is -0.764. The SMILES string of the molecule is Fc1cccc(CNc2nc(F)nc3c2CCCN3)c1. The molecule has 1 aromatic carbocycles. The van der Waals surface area contributed by atoms with Gasteiger partial charge in [-0.15, -0.1) is 0 Å². The summed E-state index contributed by atoms with van der Waals surface area (Å²) in [5.41, 5.74) is 1.66. The number of rotatable bonds is 3. The van der Waals surface area contributed by atoms with Crippen molar-refractivity contribution >= 4 is 11.6 Å². The summed E-state index contributed by atoms with van der Waals surface area (Å²) in [5.74, 6) is 0.733. The van der Waals surface area contributed by atoms with E-state index in [-0.39, 0.29) is 5.82 Å². The molecule has 0 spiro atoms. The normalized spacial score (nSPS) is 13.5. The molecule has 1 aromatic heterocycles. The van der Waals surface area contributed by atoms with Crippen LogP contribution < -0.4 is 10.6 Å². The van der Waals surface area contributed by atoms with Crippen LogP contribution in [-0.4, -0.2) is 16.5 Å². The molecule has 0 atom stereocenters. The smallest absolute Gasteiger partial charge is 0.312 e. The summed E-state index contributed by atoms with van der Waals surface area (Å²) in [6.45, 7) is 1.17. The molecule has 1 aliphatic heterocycles. The van der Waals surface area contributed by atoms with Gasteiger partial charge < -0.3 is 10.6 Å². The Labute approximate surface area is 115 Å². The fourth-order valence-electron chi connectivity index (χ4n) is 2.29. The molecule has 104 valence electrons. The number of anilines is 2. The summed E-state index contributed by atoms with van der Waals surface area (Å²) in [5, 5.41) is 6.12. The van der Waals surface area contributed by atoms with E-state index in [0.717, 1.165) is 30.5 Å². The van der Waals surface area contributed by atoms with Gasteiger partial charge in [0.05, 0.1) is 0 Å². The zero-order valence-corrected chi connectivity index (χ0v) is 10.8. The van der Waals surface area contributed by atoms with Crippen LogP contribution in [0, 0.1) is 11.9 Å². The van der Waals surface area contributed by atoms with Crippen LogP contribution >= 0.6 is 0 Å². The Morgan fingerprint density at radius 2 is 2.15 bits per heavy atom. The van der Waals surface area contributed by atoms with E-state index in [1.54, 1.807) is 12.1 Å². The third-order valence-electron chi connectivity index (χ3n) is 3.22. The lowest BCUT2D eigenvalue weighted by Crippen LogP contribution is -2.18. The van der Waals surface area contributed by atoms with Gasteiger partial charge in [0.2, 0.25) is 0 Å². The van der Waals surface area contributed by atoms with Crippen LogP contribution in [0.25, 0.3) is 0 Å². The summed E-state index contributed by atoms with van der Waals surface area (Å²) >= 11 is 0. The predicted octanol–water partition coefficient (Wildman–Crippen LogP) is 2.73. The zero-order valence-electron chi connectivity index (χ0n) is 10.8. The lowest BCUT2D eigenvalue weighted by molar-refractivity contribution is 0.537. The number of fused-ring (bicyclic) bond motifs is 1. The largest absolute Gasteiger partial charge is 0.370 e. The highest BCUT2D eigenvalue weighted by atomic mass is 19.1. The molecule has 2 aromatic rings. The molecule has 0 aliphatic carbocycles. The van der Waals surface area contributed by atoms with Crippen molar-refractivity contribution in [3.05, 3.63) is 47.3 Å². The Morgan fingerprint density at radius 1 is 1.25 bits per heavy atom. The summed E-state index contributed by atoms with van der Waals surface area (Å²) in [4.78, 5) is 7.56. The molecule has 20 heavy (non-hydrogen) atoms.